The quantitative estimate of drug-likeness (QED) is 0.566. The van der Waals surface area contributed by atoms with E-state index >= 15 is 0 Å². The van der Waals surface area contributed by atoms with Gasteiger partial charge >= 0.3 is 0 Å². The number of nitrogens with zero attached hydrogens (tertiary/aromatic N) is 2. The number of nitrogens with one attached hydrogen (secondary N) is 3. The molecular formula is C24H27N5+2. The summed E-state index contributed by atoms with van der Waals surface area (Å²) >= 11 is 0. The van der Waals surface area contributed by atoms with E-state index in [2.05, 4.69) is 75.3 Å². The SMILES string of the molecule is Cc1[nH]c2ccccc2c1[C@H](c1ccncc1)[NH+]1CCN(c2cccc[nH+]2)CC1. The summed E-state index contributed by atoms with van der Waals surface area (Å²) in [6.45, 7) is 6.47. The van der Waals surface area contributed by atoms with Gasteiger partial charge in [-0.05, 0) is 31.2 Å². The van der Waals surface area contributed by atoms with Crippen molar-refractivity contribution < 1.29 is 9.88 Å². The Labute approximate surface area is 171 Å². The van der Waals surface area contributed by atoms with Crippen LogP contribution in [0.15, 0.2) is 73.2 Å². The number of pyridine rings is 2. The molecule has 0 spiro atoms. The van der Waals surface area contributed by atoms with Gasteiger partial charge in [0.15, 0.2) is 0 Å². The molecule has 3 aromatic heterocycles. The van der Waals surface area contributed by atoms with Gasteiger partial charge in [0.25, 0.3) is 5.82 Å². The molecule has 1 atom stereocenters. The Kier molecular flexibility index (Phi) is 4.74. The third-order valence-corrected chi connectivity index (χ3v) is 6.12. The summed E-state index contributed by atoms with van der Waals surface area (Å²) < 4.78 is 0. The zero-order valence-electron chi connectivity index (χ0n) is 16.7. The lowest BCUT2D eigenvalue weighted by Gasteiger charge is -2.34. The fourth-order valence-electron chi connectivity index (χ4n) is 4.74. The van der Waals surface area contributed by atoms with Gasteiger partial charge in [-0.2, -0.15) is 0 Å². The van der Waals surface area contributed by atoms with Gasteiger partial charge < -0.3 is 9.88 Å². The van der Waals surface area contributed by atoms with Crippen molar-refractivity contribution in [3.05, 3.63) is 90.0 Å². The van der Waals surface area contributed by atoms with E-state index in [1.54, 1.807) is 4.90 Å². The molecule has 1 aliphatic heterocycles. The molecule has 1 aliphatic rings. The van der Waals surface area contributed by atoms with Gasteiger partial charge in [0.05, 0.1) is 6.20 Å². The standard InChI is InChI=1S/C24H25N5/c1-18-23(20-6-2-3-7-21(20)27-18)24(19-9-12-25-13-10-19)29-16-14-28(15-17-29)22-8-4-5-11-26-22/h2-13,24,27H,14-17H2,1H3/p+2/t24-/m0/s1. The van der Waals surface area contributed by atoms with Crippen molar-refractivity contribution in [3.8, 4) is 0 Å². The highest BCUT2D eigenvalue weighted by Gasteiger charge is 2.35. The van der Waals surface area contributed by atoms with Gasteiger partial charge in [0.1, 0.15) is 32.2 Å². The summed E-state index contributed by atoms with van der Waals surface area (Å²) in [5, 5.41) is 1.33. The van der Waals surface area contributed by atoms with Crippen LogP contribution in [-0.4, -0.2) is 36.1 Å². The topological polar surface area (TPSA) is 50.5 Å². The number of H-pyrrole nitrogens is 2. The number of aryl methyl sites for hydroxylation is 1. The lowest BCUT2D eigenvalue weighted by Crippen LogP contribution is -3.15. The Balaban J connectivity index is 1.50. The number of rotatable bonds is 4. The molecule has 4 heterocycles. The average Bonchev–Trinajstić information content (AvgIpc) is 3.12. The number of aromatic amines is 2. The van der Waals surface area contributed by atoms with E-state index in [0.717, 1.165) is 26.2 Å². The Morgan fingerprint density at radius 2 is 1.76 bits per heavy atom. The normalized spacial score (nSPS) is 16.2. The summed E-state index contributed by atoms with van der Waals surface area (Å²) in [5.41, 5.74) is 5.24. The van der Waals surface area contributed by atoms with Crippen molar-refractivity contribution in [1.29, 1.82) is 0 Å². The first-order chi connectivity index (χ1) is 14.3. The second-order valence-electron chi connectivity index (χ2n) is 7.82. The largest absolute Gasteiger partial charge is 0.358 e. The molecule has 0 saturated carbocycles. The molecule has 5 nitrogen and oxygen atoms in total. The molecule has 1 aromatic carbocycles. The van der Waals surface area contributed by atoms with E-state index in [9.17, 15) is 0 Å². The number of para-hydroxylation sites is 1. The Morgan fingerprint density at radius 3 is 2.52 bits per heavy atom. The summed E-state index contributed by atoms with van der Waals surface area (Å²) in [6.07, 6.45) is 5.84. The average molecular weight is 386 g/mol. The van der Waals surface area contributed by atoms with Crippen LogP contribution in [0.1, 0.15) is 22.9 Å². The number of anilines is 1. The molecule has 1 fully saturated rings. The summed E-state index contributed by atoms with van der Waals surface area (Å²) in [5.74, 6) is 1.20. The number of benzene rings is 1. The zero-order chi connectivity index (χ0) is 19.6. The second-order valence-corrected chi connectivity index (χ2v) is 7.82. The maximum absolute atomic E-state index is 4.26. The van der Waals surface area contributed by atoms with Gasteiger partial charge in [-0.25, -0.2) is 4.98 Å². The molecule has 29 heavy (non-hydrogen) atoms. The van der Waals surface area contributed by atoms with Crippen molar-refractivity contribution in [3.63, 3.8) is 0 Å². The van der Waals surface area contributed by atoms with Gasteiger partial charge in [0, 0.05) is 46.2 Å². The fourth-order valence-corrected chi connectivity index (χ4v) is 4.74. The van der Waals surface area contributed by atoms with Crippen molar-refractivity contribution in [2.75, 3.05) is 31.1 Å². The smallest absolute Gasteiger partial charge is 0.274 e. The maximum atomic E-state index is 4.26. The number of hydrogen-bond donors (Lipinski definition) is 2. The van der Waals surface area contributed by atoms with Crippen molar-refractivity contribution in [1.82, 2.24) is 9.97 Å². The molecule has 0 amide bonds. The summed E-state index contributed by atoms with van der Waals surface area (Å²) in [6, 6.07) is 19.6. The van der Waals surface area contributed by atoms with Gasteiger partial charge in [-0.3, -0.25) is 9.88 Å². The van der Waals surface area contributed by atoms with Crippen LogP contribution in [0.5, 0.6) is 0 Å². The Morgan fingerprint density at radius 1 is 1.00 bits per heavy atom. The molecule has 3 N–H and O–H groups in total. The molecule has 5 rings (SSSR count). The Bertz CT molecular complexity index is 1080. The van der Waals surface area contributed by atoms with Crippen LogP contribution in [0.4, 0.5) is 5.82 Å². The number of aromatic nitrogens is 3. The zero-order valence-corrected chi connectivity index (χ0v) is 16.7. The molecule has 0 aliphatic carbocycles. The van der Waals surface area contributed by atoms with Crippen LogP contribution in [-0.2, 0) is 0 Å². The van der Waals surface area contributed by atoms with E-state index < -0.39 is 0 Å². The lowest BCUT2D eigenvalue weighted by atomic mass is 9.94. The number of piperazine rings is 1. The molecule has 4 aromatic rings. The number of fused-ring (bicyclic) bond motifs is 1. The van der Waals surface area contributed by atoms with Crippen LogP contribution in [0, 0.1) is 6.92 Å². The molecule has 1 saturated heterocycles. The fraction of sp³-hybridized carbons (Fsp3) is 0.250. The van der Waals surface area contributed by atoms with E-state index in [4.69, 9.17) is 0 Å². The van der Waals surface area contributed by atoms with Crippen molar-refractivity contribution in [2.24, 2.45) is 0 Å². The highest BCUT2D eigenvalue weighted by atomic mass is 15.3. The van der Waals surface area contributed by atoms with Gasteiger partial charge in [-0.15, -0.1) is 0 Å². The van der Waals surface area contributed by atoms with Crippen LogP contribution < -0.4 is 14.8 Å². The number of hydrogen-bond acceptors (Lipinski definition) is 2. The predicted molar refractivity (Wildman–Crippen MR) is 115 cm³/mol. The number of quaternary nitrogens is 1. The van der Waals surface area contributed by atoms with E-state index in [1.807, 2.05) is 24.7 Å². The predicted octanol–water partition coefficient (Wildman–Crippen LogP) is 2.18. The minimum atomic E-state index is 0.302. The first kappa shape index (κ1) is 17.9. The molecular weight excluding hydrogens is 358 g/mol. The van der Waals surface area contributed by atoms with Crippen LogP contribution in [0.2, 0.25) is 0 Å². The van der Waals surface area contributed by atoms with E-state index in [1.165, 1.54) is 33.5 Å². The molecule has 0 radical (unpaired) electrons. The monoisotopic (exact) mass is 385 g/mol. The Hall–Kier alpha value is -3.18. The van der Waals surface area contributed by atoms with Gasteiger partial charge in [0.2, 0.25) is 0 Å². The minimum absolute atomic E-state index is 0.302. The molecule has 0 bridgehead atoms. The van der Waals surface area contributed by atoms with Crippen LogP contribution >= 0.6 is 0 Å². The first-order valence-corrected chi connectivity index (χ1v) is 10.3. The van der Waals surface area contributed by atoms with E-state index in [0.29, 0.717) is 6.04 Å². The highest BCUT2D eigenvalue weighted by Crippen LogP contribution is 2.30. The third-order valence-electron chi connectivity index (χ3n) is 6.12. The van der Waals surface area contributed by atoms with Crippen molar-refractivity contribution in [2.45, 2.75) is 13.0 Å². The summed E-state index contributed by atoms with van der Waals surface area (Å²) in [7, 11) is 0. The third kappa shape index (κ3) is 3.38. The highest BCUT2D eigenvalue weighted by molar-refractivity contribution is 5.85. The molecule has 5 heteroatoms. The minimum Gasteiger partial charge on any atom is -0.358 e. The summed E-state index contributed by atoms with van der Waals surface area (Å²) in [4.78, 5) is 15.3. The van der Waals surface area contributed by atoms with Crippen LogP contribution in [0.3, 0.4) is 0 Å². The van der Waals surface area contributed by atoms with E-state index in [-0.39, 0.29) is 0 Å². The van der Waals surface area contributed by atoms with Crippen molar-refractivity contribution >= 4 is 16.7 Å². The lowest BCUT2D eigenvalue weighted by molar-refractivity contribution is -0.926. The van der Waals surface area contributed by atoms with Crippen LogP contribution in [0.25, 0.3) is 10.9 Å². The second kappa shape index (κ2) is 7.68. The molecule has 0 unspecified atom stereocenters. The first-order valence-electron chi connectivity index (χ1n) is 10.3. The maximum Gasteiger partial charge on any atom is 0.274 e. The van der Waals surface area contributed by atoms with Gasteiger partial charge in [-0.1, -0.05) is 24.3 Å². The molecule has 146 valence electrons.